The maximum atomic E-state index is 13.9. The average molecular weight is 802 g/mol. The second-order valence-electron chi connectivity index (χ2n) is 12.9. The summed E-state index contributed by atoms with van der Waals surface area (Å²) in [5, 5.41) is 22.2. The van der Waals surface area contributed by atoms with Gasteiger partial charge in [0.2, 0.25) is 0 Å². The summed E-state index contributed by atoms with van der Waals surface area (Å²) in [4.78, 5) is 33.3. The molecule has 0 saturated heterocycles. The third-order valence-corrected chi connectivity index (χ3v) is 8.56. The normalized spacial score (nSPS) is 11.2. The molecule has 1 amide bonds. The van der Waals surface area contributed by atoms with Crippen LogP contribution in [0.15, 0.2) is 61.1 Å². The van der Waals surface area contributed by atoms with Gasteiger partial charge in [0.25, 0.3) is 5.91 Å². The maximum absolute atomic E-state index is 13.9. The SMILES string of the molecule is COC(=O)CCCCCOCCOCCOCCCCCCOc1ccc(C(F)(F)F)c(CNC(=O)c2cccc(NCC(=N)N(C)C(=N)c3ccncn3)c2)c1. The highest BCUT2D eigenvalue weighted by Gasteiger charge is 2.33. The van der Waals surface area contributed by atoms with E-state index in [1.165, 1.54) is 48.8 Å². The van der Waals surface area contributed by atoms with Crippen LogP contribution >= 0.6 is 0 Å². The summed E-state index contributed by atoms with van der Waals surface area (Å²) in [5.41, 5.74) is 0.0939. The molecule has 17 heteroatoms. The fourth-order valence-electron chi connectivity index (χ4n) is 5.32. The van der Waals surface area contributed by atoms with Crippen LogP contribution in [0.5, 0.6) is 5.75 Å². The quantitative estimate of drug-likeness (QED) is 0.0286. The van der Waals surface area contributed by atoms with E-state index in [0.717, 1.165) is 44.6 Å². The largest absolute Gasteiger partial charge is 0.494 e. The van der Waals surface area contributed by atoms with Gasteiger partial charge in [-0.1, -0.05) is 18.9 Å². The van der Waals surface area contributed by atoms with Gasteiger partial charge in [-0.3, -0.25) is 20.4 Å². The van der Waals surface area contributed by atoms with E-state index >= 15 is 0 Å². The monoisotopic (exact) mass is 801 g/mol. The maximum Gasteiger partial charge on any atom is 0.416 e. The number of halogens is 3. The highest BCUT2D eigenvalue weighted by atomic mass is 19.4. The van der Waals surface area contributed by atoms with Crippen molar-refractivity contribution in [2.75, 3.05) is 72.3 Å². The number of likely N-dealkylation sites (N-methyl/N-ethyl adjacent to an activating group) is 1. The number of benzene rings is 2. The lowest BCUT2D eigenvalue weighted by Gasteiger charge is -2.21. The number of nitrogens with one attached hydrogen (secondary N) is 4. The number of aromatic nitrogens is 2. The third-order valence-electron chi connectivity index (χ3n) is 8.56. The first-order valence-electron chi connectivity index (χ1n) is 18.9. The Hall–Kier alpha value is -5.13. The number of hydrogen-bond acceptors (Lipinski definition) is 12. The standard InChI is InChI=1S/C40H54F3N7O7/c1-50(38(45)35-16-17-46-29-49-35)36(44)28-47-32-12-10-11-30(25-32)39(52)48-27-31-26-33(14-15-34(31)40(41,42)43)57-20-9-4-3-7-18-54-21-23-56-24-22-55-19-8-5-6-13-37(51)53-2/h10-12,14-17,25-26,29,44-45,47H,3-9,13,18-24,27-28H2,1-2H3,(H,48,52). The van der Waals surface area contributed by atoms with E-state index < -0.39 is 17.6 Å². The number of anilines is 1. The number of esters is 1. The van der Waals surface area contributed by atoms with Crippen LogP contribution in [0.25, 0.3) is 0 Å². The molecule has 2 aromatic carbocycles. The Morgan fingerprint density at radius 1 is 0.825 bits per heavy atom. The minimum Gasteiger partial charge on any atom is -0.494 e. The summed E-state index contributed by atoms with van der Waals surface area (Å²) < 4.78 is 68.5. The van der Waals surface area contributed by atoms with Crippen LogP contribution in [0.2, 0.25) is 0 Å². The molecule has 312 valence electrons. The molecule has 0 aliphatic rings. The lowest BCUT2D eigenvalue weighted by Crippen LogP contribution is -2.37. The zero-order valence-corrected chi connectivity index (χ0v) is 32.6. The van der Waals surface area contributed by atoms with Crippen LogP contribution in [0.4, 0.5) is 18.9 Å². The molecule has 0 aliphatic heterocycles. The molecular formula is C40H54F3N7O7. The van der Waals surface area contributed by atoms with Gasteiger partial charge in [0.15, 0.2) is 5.84 Å². The number of amidine groups is 2. The summed E-state index contributed by atoms with van der Waals surface area (Å²) in [6.07, 6.45) is 4.57. The minimum atomic E-state index is -4.62. The lowest BCUT2D eigenvalue weighted by molar-refractivity contribution is -0.141. The van der Waals surface area contributed by atoms with Crippen molar-refractivity contribution in [2.24, 2.45) is 0 Å². The van der Waals surface area contributed by atoms with Gasteiger partial charge in [0.05, 0.1) is 52.3 Å². The Kier molecular flexibility index (Phi) is 21.0. The molecule has 3 rings (SSSR count). The van der Waals surface area contributed by atoms with E-state index in [0.29, 0.717) is 70.5 Å². The van der Waals surface area contributed by atoms with Crippen LogP contribution in [0.3, 0.4) is 0 Å². The zero-order valence-electron chi connectivity index (χ0n) is 32.6. The highest BCUT2D eigenvalue weighted by Crippen LogP contribution is 2.34. The molecule has 0 saturated carbocycles. The molecule has 0 aliphatic carbocycles. The van der Waals surface area contributed by atoms with Gasteiger partial charge >= 0.3 is 12.1 Å². The van der Waals surface area contributed by atoms with Crippen molar-refractivity contribution in [3.63, 3.8) is 0 Å². The fourth-order valence-corrected chi connectivity index (χ4v) is 5.32. The second-order valence-corrected chi connectivity index (χ2v) is 12.9. The van der Waals surface area contributed by atoms with E-state index in [2.05, 4.69) is 25.3 Å². The minimum absolute atomic E-state index is 0.0125. The zero-order chi connectivity index (χ0) is 41.3. The molecule has 0 bridgehead atoms. The van der Waals surface area contributed by atoms with Gasteiger partial charge in [-0.25, -0.2) is 9.97 Å². The van der Waals surface area contributed by atoms with Crippen LogP contribution in [0, 0.1) is 10.8 Å². The predicted octanol–water partition coefficient (Wildman–Crippen LogP) is 6.49. The van der Waals surface area contributed by atoms with Gasteiger partial charge in [-0.15, -0.1) is 0 Å². The molecule has 4 N–H and O–H groups in total. The number of unbranched alkanes of at least 4 members (excludes halogenated alkanes) is 5. The van der Waals surface area contributed by atoms with Crippen molar-refractivity contribution in [3.8, 4) is 5.75 Å². The van der Waals surface area contributed by atoms with Gasteiger partial charge in [0.1, 0.15) is 23.6 Å². The lowest BCUT2D eigenvalue weighted by atomic mass is 10.1. The van der Waals surface area contributed by atoms with Crippen LogP contribution in [-0.2, 0) is 36.5 Å². The molecule has 1 heterocycles. The number of rotatable bonds is 27. The van der Waals surface area contributed by atoms with Crippen LogP contribution in [-0.4, -0.2) is 105 Å². The Bertz CT molecular complexity index is 1680. The van der Waals surface area contributed by atoms with Gasteiger partial charge in [-0.2, -0.15) is 13.2 Å². The second kappa shape index (κ2) is 25.9. The first-order chi connectivity index (χ1) is 27.5. The Balaban J connectivity index is 1.31. The van der Waals surface area contributed by atoms with Crippen LogP contribution < -0.4 is 15.4 Å². The van der Waals surface area contributed by atoms with Crippen molar-refractivity contribution in [1.29, 1.82) is 10.8 Å². The summed E-state index contributed by atoms with van der Waals surface area (Å²) in [6.45, 7) is 3.18. The molecular weight excluding hydrogens is 747 g/mol. The number of ether oxygens (including phenoxy) is 5. The molecule has 57 heavy (non-hydrogen) atoms. The van der Waals surface area contributed by atoms with E-state index in [1.54, 1.807) is 25.2 Å². The number of nitrogens with zero attached hydrogens (tertiary/aromatic N) is 3. The summed E-state index contributed by atoms with van der Waals surface area (Å²) in [7, 11) is 2.95. The van der Waals surface area contributed by atoms with E-state index in [9.17, 15) is 22.8 Å². The Morgan fingerprint density at radius 2 is 1.49 bits per heavy atom. The number of alkyl halides is 3. The molecule has 0 radical (unpaired) electrons. The summed E-state index contributed by atoms with van der Waals surface area (Å²) in [6, 6.07) is 11.5. The molecule has 0 spiro atoms. The molecule has 3 aromatic rings. The smallest absolute Gasteiger partial charge is 0.416 e. The Morgan fingerprint density at radius 3 is 2.14 bits per heavy atom. The molecule has 0 fully saturated rings. The number of hydrogen-bond donors (Lipinski definition) is 4. The average Bonchev–Trinajstić information content (AvgIpc) is 3.22. The van der Waals surface area contributed by atoms with Gasteiger partial charge in [0, 0.05) is 50.7 Å². The first kappa shape index (κ1) is 46.3. The predicted molar refractivity (Wildman–Crippen MR) is 209 cm³/mol. The van der Waals surface area contributed by atoms with Crippen molar-refractivity contribution in [1.82, 2.24) is 20.2 Å². The van der Waals surface area contributed by atoms with E-state index in [4.69, 9.17) is 29.8 Å². The highest BCUT2D eigenvalue weighted by molar-refractivity contribution is 6.06. The van der Waals surface area contributed by atoms with E-state index in [1.807, 2.05) is 0 Å². The fraction of sp³-hybridized carbons (Fsp3) is 0.500. The van der Waals surface area contributed by atoms with Crippen molar-refractivity contribution in [3.05, 3.63) is 83.4 Å². The number of carbonyl (C=O) groups excluding carboxylic acids is 2. The summed E-state index contributed by atoms with van der Waals surface area (Å²) >= 11 is 0. The number of methoxy groups -OCH3 is 1. The van der Waals surface area contributed by atoms with Gasteiger partial charge < -0.3 is 39.2 Å². The molecule has 0 unspecified atom stereocenters. The Labute approximate surface area is 331 Å². The van der Waals surface area contributed by atoms with Crippen molar-refractivity contribution in [2.45, 2.75) is 64.1 Å². The van der Waals surface area contributed by atoms with E-state index in [-0.39, 0.29) is 47.6 Å². The first-order valence-corrected chi connectivity index (χ1v) is 18.9. The number of carbonyl (C=O) groups is 2. The van der Waals surface area contributed by atoms with Crippen molar-refractivity contribution >= 4 is 29.2 Å². The molecule has 0 atom stereocenters. The summed E-state index contributed by atoms with van der Waals surface area (Å²) in [5.74, 6) is -0.405. The van der Waals surface area contributed by atoms with Crippen LogP contribution in [0.1, 0.15) is 78.5 Å². The topological polar surface area (TPSA) is 181 Å². The number of amides is 1. The van der Waals surface area contributed by atoms with Gasteiger partial charge in [-0.05, 0) is 80.1 Å². The molecule has 14 nitrogen and oxygen atoms in total. The van der Waals surface area contributed by atoms with Crippen molar-refractivity contribution < 1.29 is 46.4 Å². The molecule has 1 aromatic heterocycles. The third kappa shape index (κ3) is 18.1.